The molecule has 11 heavy (non-hydrogen) atoms. The van der Waals surface area contributed by atoms with Gasteiger partial charge in [0.2, 0.25) is 5.91 Å². The first-order valence-electron chi connectivity index (χ1n) is 3.83. The molecule has 0 saturated carbocycles. The highest BCUT2D eigenvalue weighted by Gasteiger charge is 2.25. The fourth-order valence-corrected chi connectivity index (χ4v) is 1.43. The molecule has 3 heteroatoms. The Bertz CT molecular complexity index is 167. The molecule has 0 aliphatic carbocycles. The predicted octanol–water partition coefficient (Wildman–Crippen LogP) is 0.156. The molecule has 1 rings (SSSR count). The Kier molecular flexibility index (Phi) is 2.65. The molecule has 1 fully saturated rings. The molecule has 0 radical (unpaired) electrons. The Hall–Kier alpha value is -0.830. The molecule has 0 aromatic heterocycles. The zero-order chi connectivity index (χ0) is 8.27. The van der Waals surface area contributed by atoms with E-state index in [2.05, 4.69) is 6.58 Å². The van der Waals surface area contributed by atoms with Gasteiger partial charge < -0.3 is 10.0 Å². The quantitative estimate of drug-likeness (QED) is 0.577. The van der Waals surface area contributed by atoms with Crippen molar-refractivity contribution in [1.82, 2.24) is 4.90 Å². The van der Waals surface area contributed by atoms with E-state index in [9.17, 15) is 4.79 Å². The summed E-state index contributed by atoms with van der Waals surface area (Å²) in [6, 6.07) is 0.0282. The number of likely N-dealkylation sites (tertiary alicyclic amines) is 1. The first kappa shape index (κ1) is 8.27. The van der Waals surface area contributed by atoms with E-state index in [1.165, 1.54) is 6.08 Å². The summed E-state index contributed by atoms with van der Waals surface area (Å²) in [5.74, 6) is -0.0680. The third-order valence-electron chi connectivity index (χ3n) is 2.05. The molecule has 0 bridgehead atoms. The monoisotopic (exact) mass is 155 g/mol. The average molecular weight is 155 g/mol. The minimum atomic E-state index is -0.0680. The smallest absolute Gasteiger partial charge is 0.246 e. The summed E-state index contributed by atoms with van der Waals surface area (Å²) in [4.78, 5) is 12.8. The summed E-state index contributed by atoms with van der Waals surface area (Å²) in [7, 11) is 0. The Balaban J connectivity index is 2.55. The summed E-state index contributed by atoms with van der Waals surface area (Å²) >= 11 is 0. The minimum Gasteiger partial charge on any atom is -0.394 e. The maximum absolute atomic E-state index is 11.1. The first-order valence-corrected chi connectivity index (χ1v) is 3.83. The molecule has 0 aromatic carbocycles. The van der Waals surface area contributed by atoms with E-state index < -0.39 is 0 Å². The highest BCUT2D eigenvalue weighted by molar-refractivity contribution is 5.87. The summed E-state index contributed by atoms with van der Waals surface area (Å²) in [5.41, 5.74) is 0. The number of hydrogen-bond donors (Lipinski definition) is 1. The van der Waals surface area contributed by atoms with Gasteiger partial charge in [-0.2, -0.15) is 0 Å². The Morgan fingerprint density at radius 2 is 2.55 bits per heavy atom. The van der Waals surface area contributed by atoms with Crippen molar-refractivity contribution in [3.63, 3.8) is 0 Å². The molecular formula is C8H13NO2. The predicted molar refractivity (Wildman–Crippen MR) is 42.0 cm³/mol. The number of nitrogens with zero attached hydrogens (tertiary/aromatic N) is 1. The molecule has 1 aliphatic heterocycles. The van der Waals surface area contributed by atoms with E-state index in [1.807, 2.05) is 0 Å². The summed E-state index contributed by atoms with van der Waals surface area (Å²) in [5, 5.41) is 8.85. The lowest BCUT2D eigenvalue weighted by Crippen LogP contribution is -2.36. The van der Waals surface area contributed by atoms with Crippen LogP contribution in [0.25, 0.3) is 0 Å². The van der Waals surface area contributed by atoms with E-state index >= 15 is 0 Å². The third kappa shape index (κ3) is 1.60. The SMILES string of the molecule is C=CC(=O)N1CCCC1CO. The second kappa shape index (κ2) is 3.53. The van der Waals surface area contributed by atoms with Gasteiger partial charge in [0.1, 0.15) is 0 Å². The van der Waals surface area contributed by atoms with E-state index in [4.69, 9.17) is 5.11 Å². The van der Waals surface area contributed by atoms with Crippen LogP contribution in [0.4, 0.5) is 0 Å². The van der Waals surface area contributed by atoms with Crippen LogP contribution in [-0.4, -0.2) is 35.1 Å². The fraction of sp³-hybridized carbons (Fsp3) is 0.625. The second-order valence-corrected chi connectivity index (χ2v) is 2.71. The molecule has 0 spiro atoms. The van der Waals surface area contributed by atoms with Crippen LogP contribution in [-0.2, 0) is 4.79 Å². The van der Waals surface area contributed by atoms with E-state index in [1.54, 1.807) is 4.90 Å². The van der Waals surface area contributed by atoms with Crippen molar-refractivity contribution in [3.8, 4) is 0 Å². The van der Waals surface area contributed by atoms with Gasteiger partial charge in [-0.05, 0) is 18.9 Å². The molecule has 1 unspecified atom stereocenters. The lowest BCUT2D eigenvalue weighted by atomic mass is 10.2. The van der Waals surface area contributed by atoms with Crippen molar-refractivity contribution in [2.75, 3.05) is 13.2 Å². The van der Waals surface area contributed by atoms with Crippen LogP contribution in [0, 0.1) is 0 Å². The normalized spacial score (nSPS) is 23.7. The second-order valence-electron chi connectivity index (χ2n) is 2.71. The van der Waals surface area contributed by atoms with Crippen molar-refractivity contribution in [2.24, 2.45) is 0 Å². The number of hydrogen-bond acceptors (Lipinski definition) is 2. The molecule has 0 aromatic rings. The minimum absolute atomic E-state index is 0.0282. The van der Waals surface area contributed by atoms with Crippen molar-refractivity contribution < 1.29 is 9.90 Å². The molecule has 1 saturated heterocycles. The van der Waals surface area contributed by atoms with Crippen molar-refractivity contribution >= 4 is 5.91 Å². The number of carbonyl (C=O) groups is 1. The average Bonchev–Trinajstić information content (AvgIpc) is 2.50. The van der Waals surface area contributed by atoms with Gasteiger partial charge in [-0.15, -0.1) is 0 Å². The number of carbonyl (C=O) groups excluding carboxylic acids is 1. The highest BCUT2D eigenvalue weighted by atomic mass is 16.3. The molecule has 62 valence electrons. The number of aliphatic hydroxyl groups excluding tert-OH is 1. The van der Waals surface area contributed by atoms with Gasteiger partial charge >= 0.3 is 0 Å². The largest absolute Gasteiger partial charge is 0.394 e. The van der Waals surface area contributed by atoms with Crippen molar-refractivity contribution in [1.29, 1.82) is 0 Å². The molecule has 1 aliphatic rings. The maximum Gasteiger partial charge on any atom is 0.246 e. The van der Waals surface area contributed by atoms with Gasteiger partial charge in [-0.25, -0.2) is 0 Å². The zero-order valence-electron chi connectivity index (χ0n) is 6.49. The number of amides is 1. The van der Waals surface area contributed by atoms with Gasteiger partial charge in [-0.1, -0.05) is 6.58 Å². The van der Waals surface area contributed by atoms with Gasteiger partial charge in [0.25, 0.3) is 0 Å². The summed E-state index contributed by atoms with van der Waals surface area (Å²) in [6.07, 6.45) is 3.20. The standard InChI is InChI=1S/C8H13NO2/c1-2-8(11)9-5-3-4-7(9)6-10/h2,7,10H,1,3-6H2. The molecule has 3 nitrogen and oxygen atoms in total. The van der Waals surface area contributed by atoms with Gasteiger partial charge in [0.15, 0.2) is 0 Å². The molecule has 1 heterocycles. The van der Waals surface area contributed by atoms with Crippen LogP contribution in [0.5, 0.6) is 0 Å². The third-order valence-corrected chi connectivity index (χ3v) is 2.05. The van der Waals surface area contributed by atoms with Crippen molar-refractivity contribution in [3.05, 3.63) is 12.7 Å². The van der Waals surface area contributed by atoms with E-state index in [-0.39, 0.29) is 18.6 Å². The fourth-order valence-electron chi connectivity index (χ4n) is 1.43. The molecule has 1 atom stereocenters. The lowest BCUT2D eigenvalue weighted by Gasteiger charge is -2.20. The topological polar surface area (TPSA) is 40.5 Å². The first-order chi connectivity index (χ1) is 5.29. The Morgan fingerprint density at radius 3 is 3.09 bits per heavy atom. The number of aliphatic hydroxyl groups is 1. The maximum atomic E-state index is 11.1. The van der Waals surface area contributed by atoms with Crippen LogP contribution in [0.1, 0.15) is 12.8 Å². The Labute approximate surface area is 66.3 Å². The van der Waals surface area contributed by atoms with Crippen LogP contribution >= 0.6 is 0 Å². The van der Waals surface area contributed by atoms with Gasteiger partial charge in [0.05, 0.1) is 12.6 Å². The molecular weight excluding hydrogens is 142 g/mol. The van der Waals surface area contributed by atoms with Gasteiger partial charge in [-0.3, -0.25) is 4.79 Å². The van der Waals surface area contributed by atoms with Crippen LogP contribution in [0.15, 0.2) is 12.7 Å². The van der Waals surface area contributed by atoms with Crippen LogP contribution in [0.3, 0.4) is 0 Å². The van der Waals surface area contributed by atoms with Crippen LogP contribution in [0.2, 0.25) is 0 Å². The highest BCUT2D eigenvalue weighted by Crippen LogP contribution is 2.16. The molecule has 1 amide bonds. The zero-order valence-corrected chi connectivity index (χ0v) is 6.49. The van der Waals surface area contributed by atoms with E-state index in [0.29, 0.717) is 0 Å². The molecule has 1 N–H and O–H groups in total. The Morgan fingerprint density at radius 1 is 1.82 bits per heavy atom. The van der Waals surface area contributed by atoms with Crippen molar-refractivity contribution in [2.45, 2.75) is 18.9 Å². The summed E-state index contributed by atoms with van der Waals surface area (Å²) < 4.78 is 0. The van der Waals surface area contributed by atoms with Gasteiger partial charge in [0, 0.05) is 6.54 Å². The summed E-state index contributed by atoms with van der Waals surface area (Å²) in [6.45, 7) is 4.23. The van der Waals surface area contributed by atoms with E-state index in [0.717, 1.165) is 19.4 Å². The number of rotatable bonds is 2. The lowest BCUT2D eigenvalue weighted by molar-refractivity contribution is -0.127. The van der Waals surface area contributed by atoms with Crippen LogP contribution < -0.4 is 0 Å².